The zero-order valence-corrected chi connectivity index (χ0v) is 11.4. The maximum absolute atomic E-state index is 12.2. The number of imidazole rings is 1. The SMILES string of the molecule is CC(C)(C)C(=O)c1cc2[nH]c(=O)[nH]c2cc1Br. The van der Waals surface area contributed by atoms with E-state index < -0.39 is 5.41 Å². The van der Waals surface area contributed by atoms with Crippen molar-refractivity contribution in [1.82, 2.24) is 9.97 Å². The van der Waals surface area contributed by atoms with Gasteiger partial charge in [-0.3, -0.25) is 4.79 Å². The molecule has 0 radical (unpaired) electrons. The van der Waals surface area contributed by atoms with Gasteiger partial charge in [-0.1, -0.05) is 20.8 Å². The second-order valence-electron chi connectivity index (χ2n) is 5.04. The maximum atomic E-state index is 12.2. The number of hydrogen-bond acceptors (Lipinski definition) is 2. The van der Waals surface area contributed by atoms with Crippen LogP contribution in [-0.4, -0.2) is 15.8 Å². The van der Waals surface area contributed by atoms with Gasteiger partial charge in [0.05, 0.1) is 11.0 Å². The van der Waals surface area contributed by atoms with Crippen LogP contribution < -0.4 is 5.69 Å². The first-order valence-corrected chi connectivity index (χ1v) is 6.04. The number of carbonyl (C=O) groups excluding carboxylic acids is 1. The van der Waals surface area contributed by atoms with E-state index in [0.717, 1.165) is 0 Å². The van der Waals surface area contributed by atoms with Gasteiger partial charge in [0.2, 0.25) is 0 Å². The van der Waals surface area contributed by atoms with Crippen molar-refractivity contribution in [2.45, 2.75) is 20.8 Å². The lowest BCUT2D eigenvalue weighted by atomic mass is 9.86. The number of hydrogen-bond donors (Lipinski definition) is 2. The molecule has 0 spiro atoms. The van der Waals surface area contributed by atoms with Gasteiger partial charge in [-0.25, -0.2) is 4.79 Å². The normalized spacial score (nSPS) is 12.0. The average molecular weight is 297 g/mol. The van der Waals surface area contributed by atoms with Gasteiger partial charge in [0.25, 0.3) is 0 Å². The lowest BCUT2D eigenvalue weighted by Gasteiger charge is -2.17. The molecule has 0 amide bonds. The van der Waals surface area contributed by atoms with E-state index in [4.69, 9.17) is 0 Å². The molecular formula is C12H13BrN2O2. The Kier molecular flexibility index (Phi) is 2.73. The number of fused-ring (bicyclic) bond motifs is 1. The fourth-order valence-electron chi connectivity index (χ4n) is 1.63. The number of nitrogens with one attached hydrogen (secondary N) is 2. The number of rotatable bonds is 1. The number of halogens is 1. The molecule has 1 aromatic heterocycles. The van der Waals surface area contributed by atoms with Gasteiger partial charge in [0, 0.05) is 15.5 Å². The van der Waals surface area contributed by atoms with E-state index in [2.05, 4.69) is 25.9 Å². The van der Waals surface area contributed by atoms with Crippen LogP contribution in [0.3, 0.4) is 0 Å². The summed E-state index contributed by atoms with van der Waals surface area (Å²) in [6, 6.07) is 3.44. The monoisotopic (exact) mass is 296 g/mol. The predicted molar refractivity (Wildman–Crippen MR) is 70.4 cm³/mol. The molecule has 0 aliphatic rings. The number of carbonyl (C=O) groups is 1. The third-order valence-corrected chi connectivity index (χ3v) is 3.19. The van der Waals surface area contributed by atoms with Gasteiger partial charge in [-0.15, -0.1) is 0 Å². The van der Waals surface area contributed by atoms with E-state index in [-0.39, 0.29) is 11.5 Å². The molecule has 17 heavy (non-hydrogen) atoms. The molecule has 90 valence electrons. The van der Waals surface area contributed by atoms with Crippen molar-refractivity contribution >= 4 is 32.7 Å². The fraction of sp³-hybridized carbons (Fsp3) is 0.333. The van der Waals surface area contributed by atoms with E-state index in [1.54, 1.807) is 12.1 Å². The van der Waals surface area contributed by atoms with E-state index in [1.165, 1.54) is 0 Å². The topological polar surface area (TPSA) is 65.7 Å². The Balaban J connectivity index is 2.66. The van der Waals surface area contributed by atoms with Crippen LogP contribution in [-0.2, 0) is 0 Å². The molecule has 0 unspecified atom stereocenters. The van der Waals surface area contributed by atoms with Gasteiger partial charge in [-0.2, -0.15) is 0 Å². The van der Waals surface area contributed by atoms with Crippen molar-refractivity contribution in [2.75, 3.05) is 0 Å². The Labute approximate surface area is 107 Å². The summed E-state index contributed by atoms with van der Waals surface area (Å²) in [5, 5.41) is 0. The Hall–Kier alpha value is -1.36. The second-order valence-corrected chi connectivity index (χ2v) is 5.89. The third kappa shape index (κ3) is 2.20. The average Bonchev–Trinajstić information content (AvgIpc) is 2.53. The van der Waals surface area contributed by atoms with E-state index in [0.29, 0.717) is 21.1 Å². The van der Waals surface area contributed by atoms with Crippen LogP contribution in [0.2, 0.25) is 0 Å². The summed E-state index contributed by atoms with van der Waals surface area (Å²) in [7, 11) is 0. The van der Waals surface area contributed by atoms with E-state index >= 15 is 0 Å². The Morgan fingerprint density at radius 2 is 1.71 bits per heavy atom. The number of ketones is 1. The molecule has 0 atom stereocenters. The minimum atomic E-state index is -0.452. The van der Waals surface area contributed by atoms with Crippen LogP contribution in [0.15, 0.2) is 21.4 Å². The quantitative estimate of drug-likeness (QED) is 0.795. The summed E-state index contributed by atoms with van der Waals surface area (Å²) in [6.45, 7) is 5.60. The zero-order chi connectivity index (χ0) is 12.8. The van der Waals surface area contributed by atoms with Crippen molar-refractivity contribution in [2.24, 2.45) is 5.41 Å². The maximum Gasteiger partial charge on any atom is 0.323 e. The van der Waals surface area contributed by atoms with Crippen molar-refractivity contribution in [3.8, 4) is 0 Å². The molecule has 0 saturated carbocycles. The molecule has 1 aromatic carbocycles. The smallest absolute Gasteiger partial charge is 0.306 e. The molecular weight excluding hydrogens is 284 g/mol. The van der Waals surface area contributed by atoms with E-state index in [9.17, 15) is 9.59 Å². The molecule has 0 saturated heterocycles. The fourth-order valence-corrected chi connectivity index (χ4v) is 2.16. The van der Waals surface area contributed by atoms with Crippen molar-refractivity contribution < 1.29 is 4.79 Å². The first-order valence-electron chi connectivity index (χ1n) is 5.25. The van der Waals surface area contributed by atoms with Crippen molar-refractivity contribution in [3.63, 3.8) is 0 Å². The summed E-state index contributed by atoms with van der Waals surface area (Å²) in [6.07, 6.45) is 0. The number of Topliss-reactive ketones (excluding diaryl/α,β-unsaturated/α-hetero) is 1. The highest BCUT2D eigenvalue weighted by Gasteiger charge is 2.25. The second kappa shape index (κ2) is 3.84. The molecule has 2 N–H and O–H groups in total. The van der Waals surface area contributed by atoms with Crippen LogP contribution >= 0.6 is 15.9 Å². The number of aromatic nitrogens is 2. The highest BCUT2D eigenvalue weighted by atomic mass is 79.9. The highest BCUT2D eigenvalue weighted by Crippen LogP contribution is 2.28. The first kappa shape index (κ1) is 12.1. The van der Waals surface area contributed by atoms with Crippen LogP contribution in [0.25, 0.3) is 11.0 Å². The minimum Gasteiger partial charge on any atom is -0.306 e. The van der Waals surface area contributed by atoms with Gasteiger partial charge >= 0.3 is 5.69 Å². The predicted octanol–water partition coefficient (Wildman–Crippen LogP) is 2.85. The molecule has 2 rings (SSSR count). The molecule has 0 fully saturated rings. The summed E-state index contributed by atoms with van der Waals surface area (Å²) in [4.78, 5) is 28.7. The summed E-state index contributed by atoms with van der Waals surface area (Å²) in [5.41, 5.74) is 1.19. The number of aromatic amines is 2. The number of H-pyrrole nitrogens is 2. The van der Waals surface area contributed by atoms with Gasteiger partial charge in [0.15, 0.2) is 5.78 Å². The summed E-state index contributed by atoms with van der Waals surface area (Å²) >= 11 is 3.36. The zero-order valence-electron chi connectivity index (χ0n) is 9.85. The molecule has 1 heterocycles. The summed E-state index contributed by atoms with van der Waals surface area (Å²) in [5.74, 6) is 0.0355. The molecule has 5 heteroatoms. The minimum absolute atomic E-state index is 0.0355. The van der Waals surface area contributed by atoms with Gasteiger partial charge in [-0.05, 0) is 28.1 Å². The van der Waals surface area contributed by atoms with Crippen LogP contribution in [0.5, 0.6) is 0 Å². The number of benzene rings is 1. The summed E-state index contributed by atoms with van der Waals surface area (Å²) < 4.78 is 0.695. The van der Waals surface area contributed by atoms with Crippen LogP contribution in [0.1, 0.15) is 31.1 Å². The Morgan fingerprint density at radius 3 is 2.24 bits per heavy atom. The standard InChI is InChI=1S/C12H13BrN2O2/c1-12(2,3)10(16)6-4-8-9(5-7(6)13)15-11(17)14-8/h4-5H,1-3H3,(H2,14,15,17). The lowest BCUT2D eigenvalue weighted by Crippen LogP contribution is -2.20. The molecule has 0 aliphatic carbocycles. The lowest BCUT2D eigenvalue weighted by molar-refractivity contribution is 0.0857. The molecule has 0 bridgehead atoms. The Bertz CT molecular complexity index is 647. The van der Waals surface area contributed by atoms with Crippen molar-refractivity contribution in [1.29, 1.82) is 0 Å². The Morgan fingerprint density at radius 1 is 1.18 bits per heavy atom. The van der Waals surface area contributed by atoms with Crippen LogP contribution in [0, 0.1) is 5.41 Å². The molecule has 0 aliphatic heterocycles. The first-order chi connectivity index (χ1) is 7.79. The molecule has 2 aromatic rings. The third-order valence-electron chi connectivity index (χ3n) is 2.53. The highest BCUT2D eigenvalue weighted by molar-refractivity contribution is 9.10. The van der Waals surface area contributed by atoms with E-state index in [1.807, 2.05) is 20.8 Å². The van der Waals surface area contributed by atoms with Gasteiger partial charge < -0.3 is 9.97 Å². The van der Waals surface area contributed by atoms with Crippen LogP contribution in [0.4, 0.5) is 0 Å². The molecule has 4 nitrogen and oxygen atoms in total. The van der Waals surface area contributed by atoms with Gasteiger partial charge in [0.1, 0.15) is 0 Å². The largest absolute Gasteiger partial charge is 0.323 e. The van der Waals surface area contributed by atoms with Crippen molar-refractivity contribution in [3.05, 3.63) is 32.7 Å².